The van der Waals surface area contributed by atoms with Crippen LogP contribution in [-0.2, 0) is 4.79 Å². The Labute approximate surface area is 80.7 Å². The smallest absolute Gasteiger partial charge is 0.163 e. The van der Waals surface area contributed by atoms with Crippen LogP contribution in [-0.4, -0.2) is 12.0 Å². The van der Waals surface area contributed by atoms with Crippen molar-refractivity contribution in [2.24, 2.45) is 0 Å². The molecular formula is C11H21FO. The van der Waals surface area contributed by atoms with Crippen molar-refractivity contribution in [1.29, 1.82) is 0 Å². The van der Waals surface area contributed by atoms with E-state index in [4.69, 9.17) is 0 Å². The molecule has 0 N–H and O–H groups in total. The Hall–Kier alpha value is -0.400. The number of alkyl halides is 1. The first kappa shape index (κ1) is 12.6. The molecule has 0 saturated carbocycles. The molecule has 0 rings (SSSR count). The maximum atomic E-state index is 12.8. The van der Waals surface area contributed by atoms with Crippen molar-refractivity contribution < 1.29 is 9.18 Å². The summed E-state index contributed by atoms with van der Waals surface area (Å²) in [6.07, 6.45) is 6.04. The molecule has 0 aliphatic carbocycles. The molecule has 13 heavy (non-hydrogen) atoms. The minimum Gasteiger partial charge on any atom is -0.297 e. The minimum absolute atomic E-state index is 0.325. The largest absolute Gasteiger partial charge is 0.297 e. The zero-order valence-corrected chi connectivity index (χ0v) is 8.81. The summed E-state index contributed by atoms with van der Waals surface area (Å²) in [6.45, 7) is 3.50. The van der Waals surface area contributed by atoms with Crippen LogP contribution in [0.4, 0.5) is 4.39 Å². The highest BCUT2D eigenvalue weighted by atomic mass is 19.1. The summed E-state index contributed by atoms with van der Waals surface area (Å²) in [4.78, 5) is 10.5. The van der Waals surface area contributed by atoms with E-state index in [1.165, 1.54) is 32.6 Å². The van der Waals surface area contributed by atoms with Crippen molar-refractivity contribution in [2.45, 2.75) is 65.0 Å². The first-order valence-electron chi connectivity index (χ1n) is 5.33. The predicted octanol–water partition coefficient (Wildman–Crippen LogP) is 3.66. The molecule has 0 spiro atoms. The molecule has 0 aromatic heterocycles. The average Bonchev–Trinajstić information content (AvgIpc) is 2.10. The van der Waals surface area contributed by atoms with Gasteiger partial charge in [-0.15, -0.1) is 0 Å². The van der Waals surface area contributed by atoms with Crippen molar-refractivity contribution in [3.8, 4) is 0 Å². The fraction of sp³-hybridized carbons (Fsp3) is 0.909. The van der Waals surface area contributed by atoms with Gasteiger partial charge in [0.25, 0.3) is 0 Å². The van der Waals surface area contributed by atoms with Gasteiger partial charge in [0.2, 0.25) is 0 Å². The number of rotatable bonds is 8. The Bertz CT molecular complexity index is 134. The lowest BCUT2D eigenvalue weighted by atomic mass is 10.1. The zero-order valence-electron chi connectivity index (χ0n) is 8.81. The van der Waals surface area contributed by atoms with Gasteiger partial charge in [-0.3, -0.25) is 4.79 Å². The number of halogens is 1. The minimum atomic E-state index is -1.22. The summed E-state index contributed by atoms with van der Waals surface area (Å²) in [5, 5.41) is 0. The second-order valence-corrected chi connectivity index (χ2v) is 3.63. The molecule has 0 heterocycles. The van der Waals surface area contributed by atoms with Crippen LogP contribution in [0.5, 0.6) is 0 Å². The first-order chi connectivity index (χ1) is 6.18. The molecule has 0 amide bonds. The van der Waals surface area contributed by atoms with Gasteiger partial charge in [0.05, 0.1) is 0 Å². The second-order valence-electron chi connectivity index (χ2n) is 3.63. The highest BCUT2D eigenvalue weighted by molar-refractivity contribution is 5.80. The number of unbranched alkanes of at least 4 members (excludes halogenated alkanes) is 5. The van der Waals surface area contributed by atoms with Gasteiger partial charge in [-0.2, -0.15) is 0 Å². The van der Waals surface area contributed by atoms with Crippen LogP contribution in [0.2, 0.25) is 0 Å². The number of carbonyl (C=O) groups excluding carboxylic acids is 1. The molecule has 0 fully saturated rings. The Morgan fingerprint density at radius 2 is 1.69 bits per heavy atom. The van der Waals surface area contributed by atoms with Crippen LogP contribution in [0.3, 0.4) is 0 Å². The number of hydrogen-bond donors (Lipinski definition) is 0. The monoisotopic (exact) mass is 188 g/mol. The van der Waals surface area contributed by atoms with Gasteiger partial charge < -0.3 is 0 Å². The molecule has 0 aliphatic heterocycles. The summed E-state index contributed by atoms with van der Waals surface area (Å²) in [5.74, 6) is -0.325. The molecular weight excluding hydrogens is 167 g/mol. The Morgan fingerprint density at radius 3 is 2.23 bits per heavy atom. The molecule has 0 saturated heterocycles. The quantitative estimate of drug-likeness (QED) is 0.531. The number of ketones is 1. The maximum absolute atomic E-state index is 12.8. The van der Waals surface area contributed by atoms with Gasteiger partial charge in [0, 0.05) is 0 Å². The number of hydrogen-bond acceptors (Lipinski definition) is 1. The van der Waals surface area contributed by atoms with E-state index in [2.05, 4.69) is 6.92 Å². The summed E-state index contributed by atoms with van der Waals surface area (Å²) >= 11 is 0. The van der Waals surface area contributed by atoms with E-state index < -0.39 is 6.17 Å². The van der Waals surface area contributed by atoms with Crippen molar-refractivity contribution in [3.05, 3.63) is 0 Å². The molecule has 0 radical (unpaired) electrons. The van der Waals surface area contributed by atoms with E-state index in [9.17, 15) is 9.18 Å². The normalized spacial score (nSPS) is 12.8. The van der Waals surface area contributed by atoms with Crippen LogP contribution >= 0.6 is 0 Å². The van der Waals surface area contributed by atoms with Gasteiger partial charge in [0.15, 0.2) is 12.0 Å². The molecule has 0 bridgehead atoms. The topological polar surface area (TPSA) is 17.1 Å². The highest BCUT2D eigenvalue weighted by Gasteiger charge is 2.10. The lowest BCUT2D eigenvalue weighted by Crippen LogP contribution is -2.10. The molecule has 78 valence electrons. The number of Topliss-reactive ketones (excluding diaryl/α,β-unsaturated/α-hetero) is 1. The molecule has 0 aromatic carbocycles. The first-order valence-corrected chi connectivity index (χ1v) is 5.33. The molecule has 1 atom stereocenters. The molecule has 1 nitrogen and oxygen atoms in total. The summed E-state index contributed by atoms with van der Waals surface area (Å²) < 4.78 is 12.8. The standard InChI is InChI=1S/C11H21FO/c1-3-4-5-6-7-8-9-11(12)10(2)13/h11H,3-9H2,1-2H3. The van der Waals surface area contributed by atoms with Gasteiger partial charge >= 0.3 is 0 Å². The Kier molecular flexibility index (Phi) is 7.96. The van der Waals surface area contributed by atoms with Gasteiger partial charge in [-0.1, -0.05) is 45.4 Å². The molecule has 1 unspecified atom stereocenters. The maximum Gasteiger partial charge on any atom is 0.163 e. The van der Waals surface area contributed by atoms with Gasteiger partial charge in [-0.05, 0) is 13.3 Å². The third-order valence-electron chi connectivity index (χ3n) is 2.25. The lowest BCUT2D eigenvalue weighted by molar-refractivity contribution is -0.121. The Balaban J connectivity index is 3.11. The van der Waals surface area contributed by atoms with Crippen LogP contribution in [0, 0.1) is 0 Å². The highest BCUT2D eigenvalue weighted by Crippen LogP contribution is 2.10. The van der Waals surface area contributed by atoms with Crippen molar-refractivity contribution in [1.82, 2.24) is 0 Å². The van der Waals surface area contributed by atoms with E-state index in [1.807, 2.05) is 0 Å². The van der Waals surface area contributed by atoms with Gasteiger partial charge in [0.1, 0.15) is 0 Å². The predicted molar refractivity (Wildman–Crippen MR) is 53.6 cm³/mol. The van der Waals surface area contributed by atoms with E-state index in [0.29, 0.717) is 6.42 Å². The molecule has 0 aromatic rings. The van der Waals surface area contributed by atoms with Crippen LogP contribution in [0.15, 0.2) is 0 Å². The zero-order chi connectivity index (χ0) is 10.1. The van der Waals surface area contributed by atoms with Crippen LogP contribution < -0.4 is 0 Å². The molecule has 2 heteroatoms. The van der Waals surface area contributed by atoms with Crippen molar-refractivity contribution in [2.75, 3.05) is 0 Å². The third-order valence-corrected chi connectivity index (χ3v) is 2.25. The second kappa shape index (κ2) is 8.21. The van der Waals surface area contributed by atoms with Crippen LogP contribution in [0.25, 0.3) is 0 Å². The third kappa shape index (κ3) is 7.94. The van der Waals surface area contributed by atoms with Crippen molar-refractivity contribution in [3.63, 3.8) is 0 Å². The summed E-state index contributed by atoms with van der Waals surface area (Å²) in [5.41, 5.74) is 0. The summed E-state index contributed by atoms with van der Waals surface area (Å²) in [6, 6.07) is 0. The van der Waals surface area contributed by atoms with E-state index >= 15 is 0 Å². The fourth-order valence-corrected chi connectivity index (χ4v) is 1.31. The number of carbonyl (C=O) groups is 1. The lowest BCUT2D eigenvalue weighted by Gasteiger charge is -2.03. The SMILES string of the molecule is CCCCCCCCC(F)C(C)=O. The van der Waals surface area contributed by atoms with E-state index in [0.717, 1.165) is 12.8 Å². The fourth-order valence-electron chi connectivity index (χ4n) is 1.31. The van der Waals surface area contributed by atoms with Crippen molar-refractivity contribution >= 4 is 5.78 Å². The Morgan fingerprint density at radius 1 is 1.15 bits per heavy atom. The van der Waals surface area contributed by atoms with E-state index in [1.54, 1.807) is 0 Å². The van der Waals surface area contributed by atoms with Crippen LogP contribution in [0.1, 0.15) is 58.8 Å². The molecule has 0 aliphatic rings. The van der Waals surface area contributed by atoms with E-state index in [-0.39, 0.29) is 5.78 Å². The average molecular weight is 188 g/mol. The van der Waals surface area contributed by atoms with Gasteiger partial charge in [-0.25, -0.2) is 4.39 Å². The summed E-state index contributed by atoms with van der Waals surface area (Å²) in [7, 11) is 0.